The Morgan fingerprint density at radius 2 is 2.08 bits per heavy atom. The van der Waals surface area contributed by atoms with E-state index in [-0.39, 0.29) is 17.6 Å². The van der Waals surface area contributed by atoms with Gasteiger partial charge in [-0.15, -0.1) is 11.8 Å². The van der Waals surface area contributed by atoms with Crippen molar-refractivity contribution in [3.8, 4) is 11.3 Å². The highest BCUT2D eigenvalue weighted by Gasteiger charge is 2.15. The molecule has 0 radical (unpaired) electrons. The van der Waals surface area contributed by atoms with E-state index in [1.807, 2.05) is 12.1 Å². The number of carboxylic acids is 1. The van der Waals surface area contributed by atoms with Crippen molar-refractivity contribution < 1.29 is 19.1 Å². The summed E-state index contributed by atoms with van der Waals surface area (Å²) in [7, 11) is 0. The SMILES string of the molecule is CC(SCc1ncc(-c2ccc(Cl)cc2)o1)C(=O)NCCCC(=O)O. The Morgan fingerprint density at radius 3 is 2.76 bits per heavy atom. The van der Waals surface area contributed by atoms with Crippen molar-refractivity contribution in [3.05, 3.63) is 41.4 Å². The first kappa shape index (κ1) is 19.3. The number of hydrogen-bond donors (Lipinski definition) is 2. The summed E-state index contributed by atoms with van der Waals surface area (Å²) in [5.74, 6) is 0.674. The van der Waals surface area contributed by atoms with Crippen molar-refractivity contribution in [1.82, 2.24) is 10.3 Å². The van der Waals surface area contributed by atoms with Crippen LogP contribution in [0.1, 0.15) is 25.7 Å². The van der Waals surface area contributed by atoms with Crippen molar-refractivity contribution >= 4 is 35.2 Å². The van der Waals surface area contributed by atoms with Gasteiger partial charge in [-0.1, -0.05) is 11.6 Å². The molecule has 0 aliphatic carbocycles. The predicted octanol–water partition coefficient (Wildman–Crippen LogP) is 3.60. The van der Waals surface area contributed by atoms with Crippen LogP contribution in [0.25, 0.3) is 11.3 Å². The van der Waals surface area contributed by atoms with Crippen LogP contribution in [-0.2, 0) is 15.3 Å². The maximum atomic E-state index is 11.9. The number of benzene rings is 1. The standard InChI is InChI=1S/C17H19ClN2O4S/c1-11(17(23)19-8-2-3-16(21)22)25-10-15-20-9-14(24-15)12-4-6-13(18)7-5-12/h4-7,9,11H,2-3,8,10H2,1H3,(H,19,23)(H,21,22). The number of carbonyl (C=O) groups excluding carboxylic acids is 1. The van der Waals surface area contributed by atoms with Crippen molar-refractivity contribution in [2.24, 2.45) is 0 Å². The summed E-state index contributed by atoms with van der Waals surface area (Å²) in [4.78, 5) is 26.6. The monoisotopic (exact) mass is 382 g/mol. The molecule has 0 saturated heterocycles. The van der Waals surface area contributed by atoms with Gasteiger partial charge in [0.2, 0.25) is 11.8 Å². The first-order valence-electron chi connectivity index (χ1n) is 7.77. The second-order valence-electron chi connectivity index (χ2n) is 5.37. The van der Waals surface area contributed by atoms with Crippen LogP contribution in [0.3, 0.4) is 0 Å². The lowest BCUT2D eigenvalue weighted by Gasteiger charge is -2.10. The van der Waals surface area contributed by atoms with Gasteiger partial charge in [0.1, 0.15) is 0 Å². The summed E-state index contributed by atoms with van der Waals surface area (Å²) in [6.45, 7) is 2.15. The summed E-state index contributed by atoms with van der Waals surface area (Å²) < 4.78 is 5.69. The molecule has 1 amide bonds. The fourth-order valence-electron chi connectivity index (χ4n) is 1.99. The van der Waals surface area contributed by atoms with Crippen LogP contribution in [0, 0.1) is 0 Å². The van der Waals surface area contributed by atoms with Crippen molar-refractivity contribution in [1.29, 1.82) is 0 Å². The van der Waals surface area contributed by atoms with E-state index in [2.05, 4.69) is 10.3 Å². The van der Waals surface area contributed by atoms with E-state index < -0.39 is 5.97 Å². The Balaban J connectivity index is 1.78. The summed E-state index contributed by atoms with van der Waals surface area (Å²) >= 11 is 7.27. The topological polar surface area (TPSA) is 92.4 Å². The number of aromatic nitrogens is 1. The minimum absolute atomic E-state index is 0.0472. The number of carboxylic acid groups (broad SMARTS) is 1. The molecule has 0 spiro atoms. The molecular formula is C17H19ClN2O4S. The number of amides is 1. The Hall–Kier alpha value is -1.99. The lowest BCUT2D eigenvalue weighted by molar-refractivity contribution is -0.137. The lowest BCUT2D eigenvalue weighted by atomic mass is 10.2. The van der Waals surface area contributed by atoms with Crippen LogP contribution < -0.4 is 5.32 Å². The van der Waals surface area contributed by atoms with Gasteiger partial charge in [0, 0.05) is 23.6 Å². The van der Waals surface area contributed by atoms with Gasteiger partial charge in [0.15, 0.2) is 5.76 Å². The van der Waals surface area contributed by atoms with E-state index in [1.54, 1.807) is 25.3 Å². The molecule has 2 N–H and O–H groups in total. The van der Waals surface area contributed by atoms with Gasteiger partial charge in [-0.05, 0) is 37.6 Å². The summed E-state index contributed by atoms with van der Waals surface area (Å²) in [6.07, 6.45) is 2.12. The summed E-state index contributed by atoms with van der Waals surface area (Å²) in [5.41, 5.74) is 0.886. The number of thioether (sulfide) groups is 1. The van der Waals surface area contributed by atoms with Crippen LogP contribution in [0.15, 0.2) is 34.9 Å². The van der Waals surface area contributed by atoms with E-state index in [0.29, 0.717) is 35.4 Å². The Kier molecular flexibility index (Phi) is 7.33. The largest absolute Gasteiger partial charge is 0.481 e. The summed E-state index contributed by atoms with van der Waals surface area (Å²) in [6, 6.07) is 7.27. The molecule has 2 aromatic rings. The number of nitrogens with one attached hydrogen (secondary N) is 1. The molecule has 1 atom stereocenters. The van der Waals surface area contributed by atoms with Gasteiger partial charge in [0.05, 0.1) is 17.2 Å². The Morgan fingerprint density at radius 1 is 1.36 bits per heavy atom. The van der Waals surface area contributed by atoms with Crippen LogP contribution in [-0.4, -0.2) is 33.8 Å². The number of hydrogen-bond acceptors (Lipinski definition) is 5. The van der Waals surface area contributed by atoms with E-state index in [4.69, 9.17) is 21.1 Å². The molecule has 0 saturated carbocycles. The third-order valence-corrected chi connectivity index (χ3v) is 4.75. The second kappa shape index (κ2) is 9.48. The van der Waals surface area contributed by atoms with Gasteiger partial charge in [-0.3, -0.25) is 9.59 Å². The first-order chi connectivity index (χ1) is 12.0. The van der Waals surface area contributed by atoms with E-state index in [9.17, 15) is 9.59 Å². The third kappa shape index (κ3) is 6.43. The molecule has 6 nitrogen and oxygen atoms in total. The van der Waals surface area contributed by atoms with Gasteiger partial charge in [-0.2, -0.15) is 0 Å². The number of nitrogens with zero attached hydrogens (tertiary/aromatic N) is 1. The fraction of sp³-hybridized carbons (Fsp3) is 0.353. The zero-order valence-corrected chi connectivity index (χ0v) is 15.3. The van der Waals surface area contributed by atoms with Crippen LogP contribution >= 0.6 is 23.4 Å². The van der Waals surface area contributed by atoms with E-state index in [0.717, 1.165) is 5.56 Å². The van der Waals surface area contributed by atoms with E-state index >= 15 is 0 Å². The second-order valence-corrected chi connectivity index (χ2v) is 7.13. The quantitative estimate of drug-likeness (QED) is 0.644. The van der Waals surface area contributed by atoms with Crippen molar-refractivity contribution in [2.75, 3.05) is 6.54 Å². The van der Waals surface area contributed by atoms with Crippen molar-refractivity contribution in [3.63, 3.8) is 0 Å². The molecule has 1 heterocycles. The highest BCUT2D eigenvalue weighted by atomic mass is 35.5. The van der Waals surface area contributed by atoms with Gasteiger partial charge < -0.3 is 14.8 Å². The average Bonchev–Trinajstić information content (AvgIpc) is 3.05. The van der Waals surface area contributed by atoms with Crippen LogP contribution in [0.2, 0.25) is 5.02 Å². The van der Waals surface area contributed by atoms with Gasteiger partial charge in [-0.25, -0.2) is 4.98 Å². The highest BCUT2D eigenvalue weighted by Crippen LogP contribution is 2.25. The van der Waals surface area contributed by atoms with Crippen LogP contribution in [0.5, 0.6) is 0 Å². The lowest BCUT2D eigenvalue weighted by Crippen LogP contribution is -2.32. The molecule has 2 rings (SSSR count). The van der Waals surface area contributed by atoms with E-state index in [1.165, 1.54) is 11.8 Å². The fourth-order valence-corrected chi connectivity index (χ4v) is 2.88. The normalized spacial score (nSPS) is 11.9. The van der Waals surface area contributed by atoms with Crippen molar-refractivity contribution in [2.45, 2.75) is 30.8 Å². The third-order valence-electron chi connectivity index (χ3n) is 3.37. The molecule has 0 bridgehead atoms. The van der Waals surface area contributed by atoms with Gasteiger partial charge >= 0.3 is 5.97 Å². The maximum Gasteiger partial charge on any atom is 0.303 e. The molecule has 1 aromatic carbocycles. The van der Waals surface area contributed by atoms with Crippen LogP contribution in [0.4, 0.5) is 0 Å². The van der Waals surface area contributed by atoms with Gasteiger partial charge in [0.25, 0.3) is 0 Å². The zero-order valence-electron chi connectivity index (χ0n) is 13.7. The molecule has 0 aliphatic rings. The molecule has 0 fully saturated rings. The smallest absolute Gasteiger partial charge is 0.303 e. The first-order valence-corrected chi connectivity index (χ1v) is 9.20. The molecule has 0 aliphatic heterocycles. The number of carbonyl (C=O) groups is 2. The molecule has 1 unspecified atom stereocenters. The Labute approximate surface area is 155 Å². The molecule has 8 heteroatoms. The average molecular weight is 383 g/mol. The minimum Gasteiger partial charge on any atom is -0.481 e. The summed E-state index contributed by atoms with van der Waals surface area (Å²) in [5, 5.41) is 11.7. The molecule has 134 valence electrons. The zero-order chi connectivity index (χ0) is 18.2. The number of rotatable bonds is 9. The Bertz CT molecular complexity index is 718. The molecule has 25 heavy (non-hydrogen) atoms. The molecular weight excluding hydrogens is 364 g/mol. The minimum atomic E-state index is -0.864. The predicted molar refractivity (Wildman–Crippen MR) is 97.6 cm³/mol. The maximum absolute atomic E-state index is 11.9. The number of halogens is 1. The number of aliphatic carboxylic acids is 1. The number of oxazole rings is 1. The molecule has 1 aromatic heterocycles. The highest BCUT2D eigenvalue weighted by molar-refractivity contribution is 7.99.